The SMILES string of the molecule is Cc1ccc(OCC(N)=O)c(-c2ccc([C@H](C)N3CCOCC3)cc2)c1. The Morgan fingerprint density at radius 3 is 2.54 bits per heavy atom. The summed E-state index contributed by atoms with van der Waals surface area (Å²) in [6.45, 7) is 7.67. The summed E-state index contributed by atoms with van der Waals surface area (Å²) >= 11 is 0. The number of nitrogens with two attached hydrogens (primary N) is 1. The summed E-state index contributed by atoms with van der Waals surface area (Å²) in [7, 11) is 0. The first-order valence-corrected chi connectivity index (χ1v) is 8.98. The van der Waals surface area contributed by atoms with Crippen LogP contribution in [-0.2, 0) is 9.53 Å². The van der Waals surface area contributed by atoms with Gasteiger partial charge in [-0.25, -0.2) is 0 Å². The number of carbonyl (C=O) groups excluding carboxylic acids is 1. The highest BCUT2D eigenvalue weighted by atomic mass is 16.5. The third-order valence-electron chi connectivity index (χ3n) is 4.80. The molecule has 0 spiro atoms. The second kappa shape index (κ2) is 8.34. The van der Waals surface area contributed by atoms with Gasteiger partial charge >= 0.3 is 0 Å². The number of benzene rings is 2. The van der Waals surface area contributed by atoms with Crippen molar-refractivity contribution in [3.63, 3.8) is 0 Å². The molecule has 1 heterocycles. The van der Waals surface area contributed by atoms with E-state index in [0.717, 1.165) is 43.0 Å². The van der Waals surface area contributed by atoms with Crippen molar-refractivity contribution in [1.82, 2.24) is 4.90 Å². The zero-order valence-electron chi connectivity index (χ0n) is 15.4. The largest absolute Gasteiger partial charge is 0.483 e. The number of hydrogen-bond donors (Lipinski definition) is 1. The number of amides is 1. The molecule has 2 N–H and O–H groups in total. The lowest BCUT2D eigenvalue weighted by molar-refractivity contribution is -0.119. The lowest BCUT2D eigenvalue weighted by Gasteiger charge is -2.32. The van der Waals surface area contributed by atoms with E-state index in [1.807, 2.05) is 19.1 Å². The lowest BCUT2D eigenvalue weighted by atomic mass is 9.98. The van der Waals surface area contributed by atoms with Gasteiger partial charge in [-0.05, 0) is 37.1 Å². The Morgan fingerprint density at radius 1 is 1.19 bits per heavy atom. The van der Waals surface area contributed by atoms with Crippen LogP contribution in [0.5, 0.6) is 5.75 Å². The second-order valence-electron chi connectivity index (χ2n) is 6.70. The quantitative estimate of drug-likeness (QED) is 0.866. The predicted octanol–water partition coefficient (Wildman–Crippen LogP) is 2.92. The summed E-state index contributed by atoms with van der Waals surface area (Å²) in [6, 6.07) is 14.8. The molecular formula is C21H26N2O3. The van der Waals surface area contributed by atoms with Gasteiger partial charge in [0.2, 0.25) is 0 Å². The third-order valence-corrected chi connectivity index (χ3v) is 4.80. The number of rotatable bonds is 6. The fourth-order valence-electron chi connectivity index (χ4n) is 3.26. The van der Waals surface area contributed by atoms with Gasteiger partial charge in [-0.3, -0.25) is 9.69 Å². The molecule has 0 radical (unpaired) electrons. The van der Waals surface area contributed by atoms with Crippen LogP contribution in [0.25, 0.3) is 11.1 Å². The molecule has 138 valence electrons. The van der Waals surface area contributed by atoms with Gasteiger partial charge in [0.25, 0.3) is 5.91 Å². The Labute approximate surface area is 154 Å². The molecule has 1 aliphatic rings. The predicted molar refractivity (Wildman–Crippen MR) is 102 cm³/mol. The highest BCUT2D eigenvalue weighted by molar-refractivity contribution is 5.76. The van der Waals surface area contributed by atoms with Gasteiger partial charge in [-0.1, -0.05) is 35.9 Å². The molecule has 1 saturated heterocycles. The monoisotopic (exact) mass is 354 g/mol. The van der Waals surface area contributed by atoms with Crippen molar-refractivity contribution in [2.45, 2.75) is 19.9 Å². The smallest absolute Gasteiger partial charge is 0.255 e. The van der Waals surface area contributed by atoms with Crippen molar-refractivity contribution in [2.24, 2.45) is 5.73 Å². The van der Waals surface area contributed by atoms with Crippen molar-refractivity contribution in [3.05, 3.63) is 53.6 Å². The van der Waals surface area contributed by atoms with E-state index in [0.29, 0.717) is 11.8 Å². The van der Waals surface area contributed by atoms with Gasteiger partial charge in [0.1, 0.15) is 5.75 Å². The van der Waals surface area contributed by atoms with Gasteiger partial charge in [0, 0.05) is 24.7 Å². The van der Waals surface area contributed by atoms with Crippen LogP contribution in [-0.4, -0.2) is 43.7 Å². The molecular weight excluding hydrogens is 328 g/mol. The Morgan fingerprint density at radius 2 is 1.88 bits per heavy atom. The van der Waals surface area contributed by atoms with Crippen LogP contribution < -0.4 is 10.5 Å². The summed E-state index contributed by atoms with van der Waals surface area (Å²) in [5, 5.41) is 0. The Kier molecular flexibility index (Phi) is 5.91. The summed E-state index contributed by atoms with van der Waals surface area (Å²) < 4.78 is 11.0. The summed E-state index contributed by atoms with van der Waals surface area (Å²) in [5.41, 5.74) is 9.65. The first kappa shape index (κ1) is 18.4. The number of carbonyl (C=O) groups is 1. The highest BCUT2D eigenvalue weighted by Crippen LogP contribution is 2.32. The highest BCUT2D eigenvalue weighted by Gasteiger charge is 2.18. The topological polar surface area (TPSA) is 64.8 Å². The van der Waals surface area contributed by atoms with Crippen LogP contribution in [0.4, 0.5) is 0 Å². The first-order chi connectivity index (χ1) is 12.5. The molecule has 26 heavy (non-hydrogen) atoms. The minimum Gasteiger partial charge on any atom is -0.483 e. The van der Waals surface area contributed by atoms with Gasteiger partial charge in [0.05, 0.1) is 13.2 Å². The zero-order chi connectivity index (χ0) is 18.5. The normalized spacial score (nSPS) is 16.2. The van der Waals surface area contributed by atoms with Crippen LogP contribution >= 0.6 is 0 Å². The van der Waals surface area contributed by atoms with Crippen molar-refractivity contribution in [1.29, 1.82) is 0 Å². The molecule has 0 aliphatic carbocycles. The van der Waals surface area contributed by atoms with Crippen LogP contribution in [0.3, 0.4) is 0 Å². The van der Waals surface area contributed by atoms with E-state index in [-0.39, 0.29) is 6.61 Å². The van der Waals surface area contributed by atoms with Crippen LogP contribution in [0.15, 0.2) is 42.5 Å². The molecule has 2 aromatic carbocycles. The first-order valence-electron chi connectivity index (χ1n) is 8.98. The average molecular weight is 354 g/mol. The molecule has 5 heteroatoms. The van der Waals surface area contributed by atoms with Gasteiger partial charge < -0.3 is 15.2 Å². The average Bonchev–Trinajstić information content (AvgIpc) is 2.67. The minimum atomic E-state index is -0.480. The van der Waals surface area contributed by atoms with E-state index in [4.69, 9.17) is 15.2 Å². The Balaban J connectivity index is 1.81. The number of ether oxygens (including phenoxy) is 2. The maximum atomic E-state index is 11.0. The molecule has 0 bridgehead atoms. The zero-order valence-corrected chi connectivity index (χ0v) is 15.4. The molecule has 1 amide bonds. The Hall–Kier alpha value is -2.37. The van der Waals surface area contributed by atoms with Crippen LogP contribution in [0.2, 0.25) is 0 Å². The molecule has 1 fully saturated rings. The fraction of sp³-hybridized carbons (Fsp3) is 0.381. The van der Waals surface area contributed by atoms with Gasteiger partial charge in [-0.15, -0.1) is 0 Å². The number of nitrogens with zero attached hydrogens (tertiary/aromatic N) is 1. The standard InChI is InChI=1S/C21H26N2O3/c1-15-3-8-20(26-14-21(22)24)19(13-15)18-6-4-17(5-7-18)16(2)23-9-11-25-12-10-23/h3-8,13,16H,9-12,14H2,1-2H3,(H2,22,24)/t16-/m0/s1. The van der Waals surface area contributed by atoms with E-state index in [9.17, 15) is 4.79 Å². The minimum absolute atomic E-state index is 0.123. The molecule has 1 aliphatic heterocycles. The van der Waals surface area contributed by atoms with Crippen molar-refractivity contribution in [3.8, 4) is 16.9 Å². The maximum absolute atomic E-state index is 11.0. The number of hydrogen-bond acceptors (Lipinski definition) is 4. The van der Waals surface area contributed by atoms with Gasteiger partial charge in [-0.2, -0.15) is 0 Å². The molecule has 0 unspecified atom stereocenters. The maximum Gasteiger partial charge on any atom is 0.255 e. The Bertz CT molecular complexity index is 752. The molecule has 3 rings (SSSR count). The van der Waals surface area contributed by atoms with E-state index in [2.05, 4.69) is 42.2 Å². The van der Waals surface area contributed by atoms with E-state index < -0.39 is 5.91 Å². The van der Waals surface area contributed by atoms with Crippen molar-refractivity contribution >= 4 is 5.91 Å². The third kappa shape index (κ3) is 4.42. The molecule has 1 atom stereocenters. The fourth-order valence-corrected chi connectivity index (χ4v) is 3.26. The van der Waals surface area contributed by atoms with E-state index in [1.165, 1.54) is 5.56 Å². The van der Waals surface area contributed by atoms with Gasteiger partial charge in [0.15, 0.2) is 6.61 Å². The van der Waals surface area contributed by atoms with Crippen molar-refractivity contribution < 1.29 is 14.3 Å². The van der Waals surface area contributed by atoms with Crippen LogP contribution in [0, 0.1) is 6.92 Å². The van der Waals surface area contributed by atoms with Crippen molar-refractivity contribution in [2.75, 3.05) is 32.9 Å². The molecule has 0 aromatic heterocycles. The summed E-state index contributed by atoms with van der Waals surface area (Å²) in [4.78, 5) is 13.5. The second-order valence-corrected chi connectivity index (χ2v) is 6.70. The molecule has 0 saturated carbocycles. The molecule has 5 nitrogen and oxygen atoms in total. The summed E-state index contributed by atoms with van der Waals surface area (Å²) in [6.07, 6.45) is 0. The summed E-state index contributed by atoms with van der Waals surface area (Å²) in [5.74, 6) is 0.189. The lowest BCUT2D eigenvalue weighted by Crippen LogP contribution is -2.37. The number of primary amides is 1. The molecule has 2 aromatic rings. The number of morpholine rings is 1. The van der Waals surface area contributed by atoms with E-state index >= 15 is 0 Å². The van der Waals surface area contributed by atoms with Crippen LogP contribution in [0.1, 0.15) is 24.1 Å². The number of aryl methyl sites for hydroxylation is 1. The van der Waals surface area contributed by atoms with E-state index in [1.54, 1.807) is 0 Å².